The smallest absolute Gasteiger partial charge is 0.381 e. The topological polar surface area (TPSA) is 61.8 Å². The van der Waals surface area contributed by atoms with Gasteiger partial charge >= 0.3 is 7.60 Å². The van der Waals surface area contributed by atoms with Crippen molar-refractivity contribution in [3.63, 3.8) is 0 Å². The highest BCUT2D eigenvalue weighted by Crippen LogP contribution is 2.62. The van der Waals surface area contributed by atoms with Crippen LogP contribution in [0.5, 0.6) is 5.75 Å². The molecule has 0 radical (unpaired) electrons. The molecule has 0 aromatic heterocycles. The summed E-state index contributed by atoms with van der Waals surface area (Å²) in [5, 5.41) is -1.61. The summed E-state index contributed by atoms with van der Waals surface area (Å²) in [6.45, 7) is 1.42. The van der Waals surface area contributed by atoms with E-state index in [1.165, 1.54) is 21.1 Å². The van der Waals surface area contributed by atoms with Crippen LogP contribution in [0, 0.1) is 0 Å². The quantitative estimate of drug-likeness (QED) is 0.777. The second kappa shape index (κ2) is 3.95. The van der Waals surface area contributed by atoms with E-state index in [-0.39, 0.29) is 5.78 Å². The number of Topliss-reactive ketones (excluding diaryl/α,β-unsaturated/α-hetero) is 1. The molecule has 2 rings (SSSR count). The van der Waals surface area contributed by atoms with Gasteiger partial charge in [0.25, 0.3) is 5.34 Å². The van der Waals surface area contributed by atoms with Crippen LogP contribution in [0.25, 0.3) is 0 Å². The number of rotatable bonds is 3. The molecule has 1 aliphatic heterocycles. The van der Waals surface area contributed by atoms with Gasteiger partial charge in [-0.2, -0.15) is 0 Å². The predicted molar refractivity (Wildman–Crippen MR) is 61.4 cm³/mol. The van der Waals surface area contributed by atoms with Gasteiger partial charge in [-0.1, -0.05) is 12.1 Å². The first-order chi connectivity index (χ1) is 7.98. The molecule has 0 aliphatic carbocycles. The van der Waals surface area contributed by atoms with Crippen LogP contribution in [0.3, 0.4) is 0 Å². The molecular formula is C11H13O5P. The average molecular weight is 256 g/mol. The summed E-state index contributed by atoms with van der Waals surface area (Å²) in [5.74, 6) is 0.00876. The summed E-state index contributed by atoms with van der Waals surface area (Å²) in [6, 6.07) is 6.73. The van der Waals surface area contributed by atoms with Gasteiger partial charge in [-0.25, -0.2) is 0 Å². The maximum Gasteiger partial charge on any atom is 0.381 e. The zero-order valence-corrected chi connectivity index (χ0v) is 10.7. The Balaban J connectivity index is 2.52. The molecule has 0 saturated heterocycles. The van der Waals surface area contributed by atoms with E-state index in [2.05, 4.69) is 0 Å². The number of ketones is 1. The lowest BCUT2D eigenvalue weighted by Crippen LogP contribution is -2.37. The Labute approximate surface area is 99.2 Å². The van der Waals surface area contributed by atoms with Crippen molar-refractivity contribution >= 4 is 13.4 Å². The average Bonchev–Trinajstić information content (AvgIpc) is 2.62. The van der Waals surface area contributed by atoms with E-state index in [1.54, 1.807) is 24.3 Å². The summed E-state index contributed by atoms with van der Waals surface area (Å²) >= 11 is 0. The van der Waals surface area contributed by atoms with Crippen molar-refractivity contribution in [2.75, 3.05) is 14.2 Å². The number of hydrogen-bond donors (Lipinski definition) is 0. The second-order valence-corrected chi connectivity index (χ2v) is 6.35. The number of carbonyl (C=O) groups is 1. The molecule has 1 heterocycles. The lowest BCUT2D eigenvalue weighted by molar-refractivity contribution is 0.0735. The van der Waals surface area contributed by atoms with Crippen molar-refractivity contribution in [1.82, 2.24) is 0 Å². The molecule has 0 spiro atoms. The Bertz CT molecular complexity index is 504. The molecule has 0 fully saturated rings. The number of benzene rings is 1. The summed E-state index contributed by atoms with van der Waals surface area (Å²) in [7, 11) is -1.19. The van der Waals surface area contributed by atoms with E-state index in [9.17, 15) is 9.36 Å². The molecule has 0 amide bonds. The van der Waals surface area contributed by atoms with E-state index in [0.29, 0.717) is 11.3 Å². The Morgan fingerprint density at radius 2 is 1.82 bits per heavy atom. The van der Waals surface area contributed by atoms with Crippen LogP contribution in [0.15, 0.2) is 24.3 Å². The van der Waals surface area contributed by atoms with Crippen LogP contribution in [-0.4, -0.2) is 25.3 Å². The third kappa shape index (κ3) is 1.54. The number of carbonyl (C=O) groups excluding carboxylic acids is 1. The number of ether oxygens (including phenoxy) is 1. The number of hydrogen-bond acceptors (Lipinski definition) is 5. The fraction of sp³-hybridized carbons (Fsp3) is 0.364. The minimum Gasteiger partial charge on any atom is -0.466 e. The summed E-state index contributed by atoms with van der Waals surface area (Å²) in [6.07, 6.45) is 0. The van der Waals surface area contributed by atoms with E-state index in [1.807, 2.05) is 0 Å². The summed E-state index contributed by atoms with van der Waals surface area (Å²) < 4.78 is 27.6. The maximum absolute atomic E-state index is 12.4. The van der Waals surface area contributed by atoms with E-state index in [0.717, 1.165) is 0 Å². The van der Waals surface area contributed by atoms with Crippen molar-refractivity contribution < 1.29 is 23.1 Å². The van der Waals surface area contributed by atoms with E-state index in [4.69, 9.17) is 13.8 Å². The lowest BCUT2D eigenvalue weighted by atomic mass is 10.1. The van der Waals surface area contributed by atoms with Crippen LogP contribution < -0.4 is 4.74 Å². The largest absolute Gasteiger partial charge is 0.466 e. The molecular weight excluding hydrogens is 243 g/mol. The molecule has 1 aromatic rings. The highest BCUT2D eigenvalue weighted by Gasteiger charge is 2.59. The Morgan fingerprint density at radius 3 is 2.35 bits per heavy atom. The lowest BCUT2D eigenvalue weighted by Gasteiger charge is -2.28. The first-order valence-electron chi connectivity index (χ1n) is 5.03. The highest BCUT2D eigenvalue weighted by molar-refractivity contribution is 7.56. The van der Waals surface area contributed by atoms with E-state index >= 15 is 0 Å². The van der Waals surface area contributed by atoms with Gasteiger partial charge in [0.05, 0.1) is 5.56 Å². The normalized spacial score (nSPS) is 23.4. The third-order valence-electron chi connectivity index (χ3n) is 2.86. The van der Waals surface area contributed by atoms with Crippen molar-refractivity contribution in [3.8, 4) is 5.75 Å². The van der Waals surface area contributed by atoms with Crippen LogP contribution in [0.2, 0.25) is 0 Å². The van der Waals surface area contributed by atoms with Crippen LogP contribution in [-0.2, 0) is 13.6 Å². The molecule has 17 heavy (non-hydrogen) atoms. The molecule has 1 aliphatic rings. The molecule has 6 heteroatoms. The van der Waals surface area contributed by atoms with E-state index < -0.39 is 12.9 Å². The summed E-state index contributed by atoms with van der Waals surface area (Å²) in [5.41, 5.74) is 0.393. The predicted octanol–water partition coefficient (Wildman–Crippen LogP) is 2.46. The first kappa shape index (κ1) is 12.3. The molecule has 92 valence electrons. The third-order valence-corrected chi connectivity index (χ3v) is 5.17. The zero-order valence-electron chi connectivity index (χ0n) is 9.80. The number of para-hydroxylation sites is 1. The number of fused-ring (bicyclic) bond motifs is 1. The summed E-state index contributed by atoms with van der Waals surface area (Å²) in [4.78, 5) is 12.2. The van der Waals surface area contributed by atoms with Gasteiger partial charge in [0, 0.05) is 14.2 Å². The van der Waals surface area contributed by atoms with Crippen molar-refractivity contribution in [1.29, 1.82) is 0 Å². The minimum atomic E-state index is -3.65. The van der Waals surface area contributed by atoms with Crippen molar-refractivity contribution in [2.24, 2.45) is 0 Å². The first-order valence-corrected chi connectivity index (χ1v) is 6.57. The van der Waals surface area contributed by atoms with Gasteiger partial charge in [0.2, 0.25) is 5.78 Å². The fourth-order valence-corrected chi connectivity index (χ4v) is 3.28. The molecule has 0 N–H and O–H groups in total. The van der Waals surface area contributed by atoms with Gasteiger partial charge in [-0.05, 0) is 19.1 Å². The van der Waals surface area contributed by atoms with Crippen LogP contribution in [0.1, 0.15) is 17.3 Å². The SMILES string of the molecule is COP(=O)(OC)C1(C)Oc2ccccc2C1=O. The molecule has 1 aromatic carbocycles. The molecule has 1 unspecified atom stereocenters. The molecule has 0 bridgehead atoms. The Hall–Kier alpha value is -1.16. The fourth-order valence-electron chi connectivity index (χ4n) is 1.86. The van der Waals surface area contributed by atoms with Gasteiger partial charge in [-0.3, -0.25) is 9.36 Å². The minimum absolute atomic E-state index is 0.389. The second-order valence-electron chi connectivity index (χ2n) is 3.77. The zero-order chi connectivity index (χ0) is 12.7. The Morgan fingerprint density at radius 1 is 1.24 bits per heavy atom. The monoisotopic (exact) mass is 256 g/mol. The van der Waals surface area contributed by atoms with Gasteiger partial charge < -0.3 is 13.8 Å². The van der Waals surface area contributed by atoms with Gasteiger partial charge in [0.15, 0.2) is 0 Å². The van der Waals surface area contributed by atoms with Gasteiger partial charge in [0.1, 0.15) is 5.75 Å². The molecule has 0 saturated carbocycles. The molecule has 5 nitrogen and oxygen atoms in total. The maximum atomic E-state index is 12.4. The van der Waals surface area contributed by atoms with Crippen molar-refractivity contribution in [3.05, 3.63) is 29.8 Å². The Kier molecular flexibility index (Phi) is 2.86. The van der Waals surface area contributed by atoms with Gasteiger partial charge in [-0.15, -0.1) is 0 Å². The van der Waals surface area contributed by atoms with Crippen molar-refractivity contribution in [2.45, 2.75) is 12.3 Å². The highest BCUT2D eigenvalue weighted by atomic mass is 31.2. The van der Waals surface area contributed by atoms with Crippen LogP contribution in [0.4, 0.5) is 0 Å². The van der Waals surface area contributed by atoms with Crippen LogP contribution >= 0.6 is 7.60 Å². The standard InChI is InChI=1S/C11H13O5P/c1-11(17(13,14-2)15-3)10(12)8-6-4-5-7-9(8)16-11/h4-7H,1-3H3. The molecule has 1 atom stereocenters.